The van der Waals surface area contributed by atoms with Crippen LogP contribution in [-0.4, -0.2) is 16.1 Å². The van der Waals surface area contributed by atoms with Crippen molar-refractivity contribution >= 4 is 5.97 Å². The largest absolute Gasteiger partial charge is 0.476 e. The number of carboxylic acids is 1. The van der Waals surface area contributed by atoms with E-state index in [0.29, 0.717) is 6.20 Å². The van der Waals surface area contributed by atoms with Gasteiger partial charge in [-0.1, -0.05) is 6.07 Å². The maximum Gasteiger partial charge on any atom is 0.355 e. The fourth-order valence-electron chi connectivity index (χ4n) is 1.56. The summed E-state index contributed by atoms with van der Waals surface area (Å²) in [6.07, 6.45) is 0.672. The van der Waals surface area contributed by atoms with Crippen molar-refractivity contribution < 1.29 is 23.1 Å². The van der Waals surface area contributed by atoms with E-state index in [9.17, 15) is 18.0 Å². The van der Waals surface area contributed by atoms with Crippen LogP contribution in [-0.2, 0) is 0 Å². The van der Waals surface area contributed by atoms with Gasteiger partial charge in [-0.15, -0.1) is 0 Å². The van der Waals surface area contributed by atoms with Crippen LogP contribution >= 0.6 is 0 Å². The van der Waals surface area contributed by atoms with Crippen LogP contribution in [0, 0.1) is 17.5 Å². The van der Waals surface area contributed by atoms with E-state index >= 15 is 0 Å². The van der Waals surface area contributed by atoms with Gasteiger partial charge < -0.3 is 5.11 Å². The van der Waals surface area contributed by atoms with Gasteiger partial charge in [-0.05, 0) is 18.2 Å². The molecule has 0 amide bonds. The van der Waals surface area contributed by atoms with Gasteiger partial charge in [0.05, 0.1) is 11.8 Å². The van der Waals surface area contributed by atoms with Crippen LogP contribution in [0.25, 0.3) is 11.1 Å². The van der Waals surface area contributed by atoms with Crippen LogP contribution < -0.4 is 0 Å². The third-order valence-electron chi connectivity index (χ3n) is 2.29. The van der Waals surface area contributed by atoms with Gasteiger partial charge in [0.1, 0.15) is 17.5 Å². The van der Waals surface area contributed by atoms with E-state index in [4.69, 9.17) is 5.11 Å². The number of hydrogen-bond donors (Lipinski definition) is 1. The Balaban J connectivity index is 2.77. The van der Waals surface area contributed by atoms with Crippen LogP contribution in [0.5, 0.6) is 0 Å². The van der Waals surface area contributed by atoms with Crippen molar-refractivity contribution in [3.05, 3.63) is 53.6 Å². The van der Waals surface area contributed by atoms with Crippen LogP contribution in [0.15, 0.2) is 30.5 Å². The zero-order valence-electron chi connectivity index (χ0n) is 8.82. The number of aromatic nitrogens is 1. The number of aromatic carboxylic acids is 1. The standard InChI is InChI=1S/C12H6F3NO2/c13-6-4-7(11(12(17)18)16-5-6)10-8(14)2-1-3-9(10)15/h1-5H,(H,17,18). The normalized spacial score (nSPS) is 10.4. The van der Waals surface area contributed by atoms with E-state index < -0.39 is 40.2 Å². The predicted molar refractivity (Wildman–Crippen MR) is 56.5 cm³/mol. The molecule has 1 N–H and O–H groups in total. The van der Waals surface area contributed by atoms with Crippen molar-refractivity contribution in [1.82, 2.24) is 4.98 Å². The quantitative estimate of drug-likeness (QED) is 0.895. The van der Waals surface area contributed by atoms with E-state index in [-0.39, 0.29) is 0 Å². The highest BCUT2D eigenvalue weighted by molar-refractivity contribution is 5.94. The molecule has 1 heterocycles. The predicted octanol–water partition coefficient (Wildman–Crippen LogP) is 2.86. The van der Waals surface area contributed by atoms with Crippen molar-refractivity contribution in [2.75, 3.05) is 0 Å². The lowest BCUT2D eigenvalue weighted by molar-refractivity contribution is 0.0691. The number of carboxylic acid groups (broad SMARTS) is 1. The van der Waals surface area contributed by atoms with E-state index in [1.165, 1.54) is 0 Å². The molecule has 0 aliphatic heterocycles. The van der Waals surface area contributed by atoms with Gasteiger partial charge in [0.2, 0.25) is 0 Å². The number of halogens is 3. The van der Waals surface area contributed by atoms with Crippen LogP contribution in [0.4, 0.5) is 13.2 Å². The minimum absolute atomic E-state index is 0.432. The highest BCUT2D eigenvalue weighted by atomic mass is 19.1. The number of carbonyl (C=O) groups is 1. The molecule has 0 aliphatic carbocycles. The molecule has 0 spiro atoms. The van der Waals surface area contributed by atoms with Crippen molar-refractivity contribution in [1.29, 1.82) is 0 Å². The smallest absolute Gasteiger partial charge is 0.355 e. The summed E-state index contributed by atoms with van der Waals surface area (Å²) in [4.78, 5) is 14.2. The summed E-state index contributed by atoms with van der Waals surface area (Å²) >= 11 is 0. The van der Waals surface area contributed by atoms with Crippen LogP contribution in [0.2, 0.25) is 0 Å². The number of rotatable bonds is 2. The Bertz CT molecular complexity index is 608. The lowest BCUT2D eigenvalue weighted by Crippen LogP contribution is -2.05. The molecule has 0 bridgehead atoms. The van der Waals surface area contributed by atoms with Gasteiger partial charge in [0.15, 0.2) is 5.69 Å². The van der Waals surface area contributed by atoms with Gasteiger partial charge in [-0.25, -0.2) is 22.9 Å². The Labute approximate surface area is 99.5 Å². The first-order valence-electron chi connectivity index (χ1n) is 4.84. The van der Waals surface area contributed by atoms with Crippen LogP contribution in [0.3, 0.4) is 0 Å². The molecule has 0 fully saturated rings. The second-order valence-electron chi connectivity index (χ2n) is 3.45. The average molecular weight is 253 g/mol. The lowest BCUT2D eigenvalue weighted by Gasteiger charge is -2.07. The summed E-state index contributed by atoms with van der Waals surface area (Å²) in [5, 5.41) is 8.87. The van der Waals surface area contributed by atoms with Gasteiger partial charge in [0, 0.05) is 5.56 Å². The molecule has 1 aromatic carbocycles. The number of hydrogen-bond acceptors (Lipinski definition) is 2. The third kappa shape index (κ3) is 2.04. The molecule has 18 heavy (non-hydrogen) atoms. The topological polar surface area (TPSA) is 50.2 Å². The van der Waals surface area contributed by atoms with Crippen LogP contribution in [0.1, 0.15) is 10.5 Å². The molecule has 0 unspecified atom stereocenters. The molecule has 2 rings (SSSR count). The van der Waals surface area contributed by atoms with E-state index in [0.717, 1.165) is 24.3 Å². The second kappa shape index (κ2) is 4.48. The molecule has 0 atom stereocenters. The molecule has 0 aliphatic rings. The third-order valence-corrected chi connectivity index (χ3v) is 2.29. The van der Waals surface area contributed by atoms with E-state index in [1.54, 1.807) is 0 Å². The second-order valence-corrected chi connectivity index (χ2v) is 3.45. The first-order valence-corrected chi connectivity index (χ1v) is 4.84. The first kappa shape index (κ1) is 12.1. The lowest BCUT2D eigenvalue weighted by atomic mass is 10.0. The molecule has 92 valence electrons. The molecule has 3 nitrogen and oxygen atoms in total. The molecular formula is C12H6F3NO2. The first-order chi connectivity index (χ1) is 8.50. The van der Waals surface area contributed by atoms with E-state index in [1.807, 2.05) is 0 Å². The SMILES string of the molecule is O=C(O)c1ncc(F)cc1-c1c(F)cccc1F. The minimum atomic E-state index is -1.49. The molecular weight excluding hydrogens is 247 g/mol. The summed E-state index contributed by atoms with van der Waals surface area (Å²) in [7, 11) is 0. The highest BCUT2D eigenvalue weighted by Gasteiger charge is 2.20. The highest BCUT2D eigenvalue weighted by Crippen LogP contribution is 2.28. The van der Waals surface area contributed by atoms with Gasteiger partial charge in [0.25, 0.3) is 0 Å². The van der Waals surface area contributed by atoms with Crippen molar-refractivity contribution in [3.8, 4) is 11.1 Å². The molecule has 6 heteroatoms. The Morgan fingerprint density at radius 3 is 2.33 bits per heavy atom. The molecule has 0 saturated heterocycles. The fourth-order valence-corrected chi connectivity index (χ4v) is 1.56. The number of benzene rings is 1. The Hall–Kier alpha value is -2.37. The summed E-state index contributed by atoms with van der Waals surface area (Å²) < 4.78 is 40.1. The maximum atomic E-state index is 13.5. The minimum Gasteiger partial charge on any atom is -0.476 e. The van der Waals surface area contributed by atoms with Gasteiger partial charge >= 0.3 is 5.97 Å². The number of pyridine rings is 1. The maximum absolute atomic E-state index is 13.5. The summed E-state index contributed by atoms with van der Waals surface area (Å²) in [6.45, 7) is 0. The summed E-state index contributed by atoms with van der Waals surface area (Å²) in [5.41, 5.74) is -1.65. The molecule has 0 radical (unpaired) electrons. The van der Waals surface area contributed by atoms with Gasteiger partial charge in [-0.3, -0.25) is 0 Å². The molecule has 1 aromatic heterocycles. The zero-order valence-corrected chi connectivity index (χ0v) is 8.82. The molecule has 2 aromatic rings. The monoisotopic (exact) mass is 253 g/mol. The Kier molecular flexibility index (Phi) is 3.01. The van der Waals surface area contributed by atoms with Crippen molar-refractivity contribution in [3.63, 3.8) is 0 Å². The fraction of sp³-hybridized carbons (Fsp3) is 0. The Morgan fingerprint density at radius 2 is 1.78 bits per heavy atom. The van der Waals surface area contributed by atoms with Crippen molar-refractivity contribution in [2.45, 2.75) is 0 Å². The van der Waals surface area contributed by atoms with E-state index in [2.05, 4.69) is 4.98 Å². The average Bonchev–Trinajstić information content (AvgIpc) is 2.28. The van der Waals surface area contributed by atoms with Crippen molar-refractivity contribution in [2.24, 2.45) is 0 Å². The summed E-state index contributed by atoms with van der Waals surface area (Å²) in [6, 6.07) is 3.77. The molecule has 0 saturated carbocycles. The summed E-state index contributed by atoms with van der Waals surface area (Å²) in [5.74, 6) is -4.33. The Morgan fingerprint density at radius 1 is 1.17 bits per heavy atom. The van der Waals surface area contributed by atoms with Gasteiger partial charge in [-0.2, -0.15) is 0 Å². The zero-order chi connectivity index (χ0) is 13.3. The number of nitrogens with zero attached hydrogens (tertiary/aromatic N) is 1.